The van der Waals surface area contributed by atoms with E-state index in [-0.39, 0.29) is 40.4 Å². The highest BCUT2D eigenvalue weighted by atomic mass is 16.3. The fourth-order valence-electron chi connectivity index (χ4n) is 8.00. The minimum Gasteiger partial charge on any atom is -0.393 e. The molecule has 1 amide bonds. The maximum atomic E-state index is 13.3. The molecular weight excluding hydrogens is 414 g/mol. The molecule has 3 fully saturated rings. The number of rotatable bonds is 5. The van der Waals surface area contributed by atoms with Gasteiger partial charge in [-0.3, -0.25) is 14.4 Å². The van der Waals surface area contributed by atoms with E-state index in [1.807, 2.05) is 13.8 Å². The quantitative estimate of drug-likeness (QED) is 0.466. The monoisotopic (exact) mass is 455 g/mol. The molecule has 0 aromatic carbocycles. The third kappa shape index (κ3) is 4.15. The molecule has 5 heteroatoms. The Labute approximate surface area is 198 Å². The van der Waals surface area contributed by atoms with Crippen LogP contribution in [0.4, 0.5) is 0 Å². The van der Waals surface area contributed by atoms with Crippen LogP contribution in [0.25, 0.3) is 0 Å². The summed E-state index contributed by atoms with van der Waals surface area (Å²) in [5, 5.41) is 13.0. The second-order valence-corrected chi connectivity index (χ2v) is 11.8. The maximum absolute atomic E-state index is 13.3. The molecule has 0 aliphatic heterocycles. The first-order chi connectivity index (χ1) is 15.5. The molecule has 182 valence electrons. The van der Waals surface area contributed by atoms with Crippen molar-refractivity contribution in [2.24, 2.45) is 28.6 Å². The lowest BCUT2D eigenvalue weighted by Gasteiger charge is -2.57. The van der Waals surface area contributed by atoms with Gasteiger partial charge in [-0.15, -0.1) is 0 Å². The molecule has 2 N–H and O–H groups in total. The summed E-state index contributed by atoms with van der Waals surface area (Å²) in [6.07, 6.45) is 9.39. The van der Waals surface area contributed by atoms with E-state index < -0.39 is 0 Å². The van der Waals surface area contributed by atoms with Crippen LogP contribution in [0.15, 0.2) is 22.8 Å². The Morgan fingerprint density at radius 2 is 1.82 bits per heavy atom. The van der Waals surface area contributed by atoms with Crippen molar-refractivity contribution in [2.75, 3.05) is 0 Å². The topological polar surface area (TPSA) is 83.5 Å². The van der Waals surface area contributed by atoms with Crippen LogP contribution in [0.3, 0.4) is 0 Å². The van der Waals surface area contributed by atoms with Gasteiger partial charge in [-0.25, -0.2) is 0 Å². The molecule has 7 atom stereocenters. The SMILES string of the molecule is CC(=O)N[C@H](C)CCC(=O)/C(C)=C1\C(=O)C[C@@H]2[C@H]3CC=C4C[C@@H](O)CC[C@]4(C)[C@@H]3CC[C@]12C. The van der Waals surface area contributed by atoms with E-state index in [1.165, 1.54) is 12.5 Å². The predicted molar refractivity (Wildman–Crippen MR) is 128 cm³/mol. The minimum absolute atomic E-state index is 0.0404. The van der Waals surface area contributed by atoms with Crippen LogP contribution < -0.4 is 5.32 Å². The number of hydrogen-bond acceptors (Lipinski definition) is 4. The van der Waals surface area contributed by atoms with Gasteiger partial charge in [0.2, 0.25) is 5.91 Å². The average molecular weight is 456 g/mol. The van der Waals surface area contributed by atoms with Crippen molar-refractivity contribution < 1.29 is 19.5 Å². The lowest BCUT2D eigenvalue weighted by Crippen LogP contribution is -2.49. The molecule has 4 rings (SSSR count). The highest BCUT2D eigenvalue weighted by Gasteiger charge is 2.59. The van der Waals surface area contributed by atoms with Gasteiger partial charge in [0, 0.05) is 31.4 Å². The second kappa shape index (κ2) is 8.79. The van der Waals surface area contributed by atoms with E-state index in [9.17, 15) is 19.5 Å². The Balaban J connectivity index is 1.56. The smallest absolute Gasteiger partial charge is 0.217 e. The Morgan fingerprint density at radius 3 is 2.52 bits per heavy atom. The number of amides is 1. The molecule has 0 aromatic rings. The van der Waals surface area contributed by atoms with E-state index >= 15 is 0 Å². The van der Waals surface area contributed by atoms with Gasteiger partial charge in [-0.2, -0.15) is 0 Å². The second-order valence-electron chi connectivity index (χ2n) is 11.8. The zero-order valence-electron chi connectivity index (χ0n) is 21.0. The van der Waals surface area contributed by atoms with Gasteiger partial charge in [0.25, 0.3) is 0 Å². The van der Waals surface area contributed by atoms with Crippen LogP contribution in [0, 0.1) is 28.6 Å². The van der Waals surface area contributed by atoms with Gasteiger partial charge in [0.15, 0.2) is 11.6 Å². The van der Waals surface area contributed by atoms with E-state index in [0.717, 1.165) is 44.1 Å². The molecule has 0 heterocycles. The van der Waals surface area contributed by atoms with E-state index in [2.05, 4.69) is 25.2 Å². The largest absolute Gasteiger partial charge is 0.393 e. The molecule has 33 heavy (non-hydrogen) atoms. The molecule has 3 saturated carbocycles. The third-order valence-electron chi connectivity index (χ3n) is 9.77. The molecule has 0 saturated heterocycles. The number of carbonyl (C=O) groups is 3. The van der Waals surface area contributed by atoms with Gasteiger partial charge in [-0.05, 0) is 93.0 Å². The van der Waals surface area contributed by atoms with Crippen LogP contribution in [0.5, 0.6) is 0 Å². The summed E-state index contributed by atoms with van der Waals surface area (Å²) in [6, 6.07) is -0.0553. The molecule has 4 aliphatic carbocycles. The van der Waals surface area contributed by atoms with Gasteiger partial charge in [0.05, 0.1) is 6.10 Å². The Bertz CT molecular complexity index is 917. The zero-order chi connectivity index (χ0) is 24.1. The van der Waals surface area contributed by atoms with Gasteiger partial charge >= 0.3 is 0 Å². The van der Waals surface area contributed by atoms with Crippen LogP contribution in [0.2, 0.25) is 0 Å². The normalized spacial score (nSPS) is 40.2. The Kier molecular flexibility index (Phi) is 6.50. The number of ketones is 2. The first-order valence-corrected chi connectivity index (χ1v) is 12.9. The van der Waals surface area contributed by atoms with Crippen molar-refractivity contribution in [3.05, 3.63) is 22.8 Å². The fourth-order valence-corrected chi connectivity index (χ4v) is 8.00. The first-order valence-electron chi connectivity index (χ1n) is 12.9. The summed E-state index contributed by atoms with van der Waals surface area (Å²) >= 11 is 0. The van der Waals surface area contributed by atoms with E-state index in [4.69, 9.17) is 0 Å². The molecule has 0 radical (unpaired) electrons. The molecule has 0 spiro atoms. The van der Waals surface area contributed by atoms with Crippen LogP contribution in [-0.4, -0.2) is 34.7 Å². The van der Waals surface area contributed by atoms with Crippen molar-refractivity contribution in [1.29, 1.82) is 0 Å². The van der Waals surface area contributed by atoms with Gasteiger partial charge < -0.3 is 10.4 Å². The highest BCUT2D eigenvalue weighted by molar-refractivity contribution is 6.08. The van der Waals surface area contributed by atoms with Crippen molar-refractivity contribution >= 4 is 17.5 Å². The lowest BCUT2D eigenvalue weighted by atomic mass is 9.47. The van der Waals surface area contributed by atoms with Crippen LogP contribution in [-0.2, 0) is 14.4 Å². The van der Waals surface area contributed by atoms with E-state index in [1.54, 1.807) is 0 Å². The number of allylic oxidation sites excluding steroid dienone is 3. The fraction of sp³-hybridized carbons (Fsp3) is 0.750. The minimum atomic E-state index is -0.225. The summed E-state index contributed by atoms with van der Waals surface area (Å²) in [7, 11) is 0. The highest BCUT2D eigenvalue weighted by Crippen LogP contribution is 2.65. The molecular formula is C28H41NO4. The van der Waals surface area contributed by atoms with Crippen molar-refractivity contribution in [3.63, 3.8) is 0 Å². The number of hydrogen-bond donors (Lipinski definition) is 2. The number of Topliss-reactive ketones (excluding diaryl/α,β-unsaturated/α-hetero) is 2. The molecule has 5 nitrogen and oxygen atoms in total. The summed E-state index contributed by atoms with van der Waals surface area (Å²) < 4.78 is 0. The average Bonchev–Trinajstić information content (AvgIpc) is 3.01. The van der Waals surface area contributed by atoms with E-state index in [0.29, 0.717) is 42.6 Å². The third-order valence-corrected chi connectivity index (χ3v) is 9.77. The molecule has 4 aliphatic rings. The molecule has 0 unspecified atom stereocenters. The van der Waals surface area contributed by atoms with Crippen molar-refractivity contribution in [3.8, 4) is 0 Å². The molecule has 0 aromatic heterocycles. The Morgan fingerprint density at radius 1 is 1.12 bits per heavy atom. The van der Waals surface area contributed by atoms with Gasteiger partial charge in [-0.1, -0.05) is 25.5 Å². The Hall–Kier alpha value is -1.75. The molecule has 0 bridgehead atoms. The zero-order valence-corrected chi connectivity index (χ0v) is 21.0. The van der Waals surface area contributed by atoms with Gasteiger partial charge in [0.1, 0.15) is 0 Å². The summed E-state index contributed by atoms with van der Waals surface area (Å²) in [5.41, 5.74) is 2.80. The number of aliphatic hydroxyl groups is 1. The number of nitrogens with one attached hydrogen (secondary N) is 1. The van der Waals surface area contributed by atoms with Crippen LogP contribution >= 0.6 is 0 Å². The van der Waals surface area contributed by atoms with Crippen molar-refractivity contribution in [2.45, 2.75) is 105 Å². The predicted octanol–water partition coefficient (Wildman–Crippen LogP) is 4.68. The summed E-state index contributed by atoms with van der Waals surface area (Å²) in [5.74, 6) is 1.44. The van der Waals surface area contributed by atoms with Crippen LogP contribution in [0.1, 0.15) is 92.4 Å². The summed E-state index contributed by atoms with van der Waals surface area (Å²) in [4.78, 5) is 37.7. The number of fused-ring (bicyclic) bond motifs is 5. The number of carbonyl (C=O) groups excluding carboxylic acids is 3. The summed E-state index contributed by atoms with van der Waals surface area (Å²) in [6.45, 7) is 9.87. The lowest BCUT2D eigenvalue weighted by molar-refractivity contribution is -0.120. The first kappa shape index (κ1) is 24.4. The van der Waals surface area contributed by atoms with Crippen molar-refractivity contribution in [1.82, 2.24) is 5.32 Å². The standard InChI is InChI=1S/C28H41NO4/c1-16(29-18(3)30)6-9-24(32)17(2)26-25(33)15-23-21-8-7-19-14-20(31)10-12-27(19,4)22(21)11-13-28(23,26)5/h7,16,20-23,31H,6,8-15H2,1-5H3,(H,29,30)/b26-17+/t16-,20+,21+,22-,23-,27+,28+/m1/s1. The number of aliphatic hydroxyl groups excluding tert-OH is 1. The maximum Gasteiger partial charge on any atom is 0.217 e.